The third kappa shape index (κ3) is 7.20. The number of rotatable bonds is 12. The van der Waals surface area contributed by atoms with Crippen molar-refractivity contribution in [2.75, 3.05) is 50.8 Å². The molecule has 228 valence electrons. The first-order valence-electron chi connectivity index (χ1n) is 16.3. The van der Waals surface area contributed by atoms with Crippen molar-refractivity contribution in [3.05, 3.63) is 65.5 Å². The van der Waals surface area contributed by atoms with E-state index >= 15 is 0 Å². The molecule has 3 heterocycles. The number of nitrogens with zero attached hydrogens (tertiary/aromatic N) is 4. The van der Waals surface area contributed by atoms with Gasteiger partial charge in [-0.25, -0.2) is 4.39 Å². The Hall–Kier alpha value is -3.45. The summed E-state index contributed by atoms with van der Waals surface area (Å²) in [7, 11) is 0. The predicted molar refractivity (Wildman–Crippen MR) is 174 cm³/mol. The van der Waals surface area contributed by atoms with E-state index in [4.69, 9.17) is 9.73 Å². The first-order chi connectivity index (χ1) is 21.0. The van der Waals surface area contributed by atoms with E-state index < -0.39 is 0 Å². The molecule has 3 aromatic carbocycles. The zero-order valence-electron chi connectivity index (χ0n) is 25.6. The van der Waals surface area contributed by atoms with E-state index in [1.165, 1.54) is 45.1 Å². The Morgan fingerprint density at radius 1 is 0.860 bits per heavy atom. The van der Waals surface area contributed by atoms with Gasteiger partial charge in [0.15, 0.2) is 0 Å². The average Bonchev–Trinajstić information content (AvgIpc) is 3.45. The Labute approximate surface area is 255 Å². The number of fused-ring (bicyclic) bond motifs is 3. The first-order valence-corrected chi connectivity index (χ1v) is 16.3. The van der Waals surface area contributed by atoms with Crippen LogP contribution in [0.5, 0.6) is 5.75 Å². The molecule has 3 aliphatic heterocycles. The molecular formula is C36H45FN4O2. The lowest BCUT2D eigenvalue weighted by atomic mass is 10.0. The molecule has 3 aliphatic rings. The summed E-state index contributed by atoms with van der Waals surface area (Å²) in [5.74, 6) is 0.862. The number of carbonyl (C=O) groups excluding carboxylic acids is 1. The van der Waals surface area contributed by atoms with Gasteiger partial charge >= 0.3 is 0 Å². The van der Waals surface area contributed by atoms with Crippen LogP contribution in [0.2, 0.25) is 0 Å². The Balaban J connectivity index is 0.863. The fraction of sp³-hybridized carbons (Fsp3) is 0.500. The molecule has 0 bridgehead atoms. The summed E-state index contributed by atoms with van der Waals surface area (Å²) in [5.41, 5.74) is 3.71. The maximum atomic E-state index is 13.2. The number of unbranched alkanes of at least 4 members (excludes halogenated alkanes) is 6. The van der Waals surface area contributed by atoms with Crippen LogP contribution in [-0.4, -0.2) is 73.8 Å². The smallest absolute Gasteiger partial charge is 0.256 e. The van der Waals surface area contributed by atoms with Crippen molar-refractivity contribution < 1.29 is 13.9 Å². The summed E-state index contributed by atoms with van der Waals surface area (Å²) >= 11 is 0. The van der Waals surface area contributed by atoms with Crippen LogP contribution in [0.25, 0.3) is 10.8 Å². The van der Waals surface area contributed by atoms with E-state index in [9.17, 15) is 9.18 Å². The van der Waals surface area contributed by atoms with Crippen LogP contribution in [0, 0.1) is 12.7 Å². The maximum Gasteiger partial charge on any atom is 0.256 e. The molecule has 0 saturated carbocycles. The van der Waals surface area contributed by atoms with Crippen LogP contribution in [0.15, 0.2) is 53.5 Å². The van der Waals surface area contributed by atoms with E-state index in [1.807, 2.05) is 35.4 Å². The summed E-state index contributed by atoms with van der Waals surface area (Å²) < 4.78 is 19.4. The van der Waals surface area contributed by atoms with Crippen molar-refractivity contribution in [1.82, 2.24) is 9.80 Å². The second-order valence-electron chi connectivity index (χ2n) is 12.4. The number of benzene rings is 3. The van der Waals surface area contributed by atoms with Crippen LogP contribution < -0.4 is 9.64 Å². The van der Waals surface area contributed by atoms with Crippen molar-refractivity contribution in [3.8, 4) is 5.75 Å². The van der Waals surface area contributed by atoms with E-state index in [2.05, 4.69) is 28.9 Å². The highest BCUT2D eigenvalue weighted by atomic mass is 19.1. The molecule has 0 unspecified atom stereocenters. The van der Waals surface area contributed by atoms with Crippen molar-refractivity contribution in [1.29, 1.82) is 0 Å². The minimum Gasteiger partial charge on any atom is -0.493 e. The fourth-order valence-electron chi connectivity index (χ4n) is 6.77. The first kappa shape index (κ1) is 29.6. The van der Waals surface area contributed by atoms with Gasteiger partial charge in [0.25, 0.3) is 5.91 Å². The van der Waals surface area contributed by atoms with Gasteiger partial charge in [-0.1, -0.05) is 32.1 Å². The molecular weight excluding hydrogens is 539 g/mol. The number of piperazine rings is 1. The van der Waals surface area contributed by atoms with Gasteiger partial charge in [0.2, 0.25) is 0 Å². The monoisotopic (exact) mass is 584 g/mol. The lowest BCUT2D eigenvalue weighted by Crippen LogP contribution is -2.46. The lowest BCUT2D eigenvalue weighted by Gasteiger charge is -2.36. The quantitative estimate of drug-likeness (QED) is 0.206. The topological polar surface area (TPSA) is 48.4 Å². The van der Waals surface area contributed by atoms with Gasteiger partial charge in [-0.2, -0.15) is 0 Å². The predicted octanol–water partition coefficient (Wildman–Crippen LogP) is 7.54. The summed E-state index contributed by atoms with van der Waals surface area (Å²) in [6.07, 6.45) is 12.7. The van der Waals surface area contributed by atoms with Gasteiger partial charge < -0.3 is 14.5 Å². The Bertz CT molecular complexity index is 1430. The van der Waals surface area contributed by atoms with Crippen molar-refractivity contribution in [2.45, 2.75) is 70.8 Å². The van der Waals surface area contributed by atoms with E-state index in [-0.39, 0.29) is 17.8 Å². The highest BCUT2D eigenvalue weighted by molar-refractivity contribution is 6.06. The number of aryl methyl sites for hydroxylation is 1. The average molecular weight is 585 g/mol. The Morgan fingerprint density at radius 2 is 1.58 bits per heavy atom. The molecule has 2 fully saturated rings. The third-order valence-corrected chi connectivity index (χ3v) is 9.37. The molecule has 0 N–H and O–H groups in total. The number of hydrogen-bond donors (Lipinski definition) is 0. The van der Waals surface area contributed by atoms with E-state index in [1.54, 1.807) is 12.1 Å². The van der Waals surface area contributed by atoms with Crippen molar-refractivity contribution in [2.24, 2.45) is 4.99 Å². The van der Waals surface area contributed by atoms with E-state index in [0.717, 1.165) is 92.1 Å². The van der Waals surface area contributed by atoms with Gasteiger partial charge in [-0.3, -0.25) is 14.7 Å². The summed E-state index contributed by atoms with van der Waals surface area (Å²) in [5, 5.41) is 2.14. The summed E-state index contributed by atoms with van der Waals surface area (Å²) in [4.78, 5) is 24.7. The van der Waals surface area contributed by atoms with E-state index in [0.29, 0.717) is 5.56 Å². The molecule has 3 aromatic rings. The molecule has 7 heteroatoms. The second kappa shape index (κ2) is 13.9. The number of carbonyl (C=O) groups is 1. The van der Waals surface area contributed by atoms with Gasteiger partial charge in [0.05, 0.1) is 23.9 Å². The molecule has 0 spiro atoms. The summed E-state index contributed by atoms with van der Waals surface area (Å²) in [6, 6.07) is 15.3. The van der Waals surface area contributed by atoms with Crippen molar-refractivity contribution in [3.63, 3.8) is 0 Å². The molecule has 43 heavy (non-hydrogen) atoms. The standard InChI is InChI=1S/C36H45FN4O2/c1-27-22-28-23-33-34(38-26-32-10-9-16-41(32)36(33)42)24-29(28)25-35(27)43-21-8-6-4-2-3-5-7-15-39-17-19-40(20-18-39)31-13-11-30(37)12-14-31/h11-14,22-26,32H,2-10,15-21H2,1H3/t32-/m0/s1. The SMILES string of the molecule is Cc1cc2cc3c(cc2cc1OCCCCCCCCCN1CCN(c2ccc(F)cc2)CC1)N=C[C@@H]1CCCN1C3=O. The highest BCUT2D eigenvalue weighted by Gasteiger charge is 2.31. The number of aliphatic imine (C=N–C) groups is 1. The van der Waals surface area contributed by atoms with Crippen LogP contribution in [0.1, 0.15) is 73.7 Å². The molecule has 6 nitrogen and oxygen atoms in total. The minimum absolute atomic E-state index is 0.105. The second-order valence-corrected chi connectivity index (χ2v) is 12.4. The minimum atomic E-state index is -0.169. The largest absolute Gasteiger partial charge is 0.493 e. The van der Waals surface area contributed by atoms with Crippen LogP contribution in [0.3, 0.4) is 0 Å². The van der Waals surface area contributed by atoms with Crippen LogP contribution >= 0.6 is 0 Å². The highest BCUT2D eigenvalue weighted by Crippen LogP contribution is 2.35. The zero-order valence-corrected chi connectivity index (χ0v) is 25.6. The van der Waals surface area contributed by atoms with Gasteiger partial charge in [-0.05, 0) is 104 Å². The Morgan fingerprint density at radius 3 is 2.37 bits per heavy atom. The van der Waals surface area contributed by atoms with Gasteiger partial charge in [-0.15, -0.1) is 0 Å². The number of ether oxygens (including phenoxy) is 1. The molecule has 1 amide bonds. The molecule has 6 rings (SSSR count). The number of hydrogen-bond acceptors (Lipinski definition) is 5. The molecule has 0 aliphatic carbocycles. The van der Waals surface area contributed by atoms with Crippen LogP contribution in [0.4, 0.5) is 15.8 Å². The van der Waals surface area contributed by atoms with Crippen molar-refractivity contribution >= 4 is 34.3 Å². The molecule has 0 aromatic heterocycles. The van der Waals surface area contributed by atoms with Gasteiger partial charge in [0.1, 0.15) is 11.6 Å². The summed E-state index contributed by atoms with van der Waals surface area (Å²) in [6.45, 7) is 9.02. The zero-order chi connectivity index (χ0) is 29.6. The lowest BCUT2D eigenvalue weighted by molar-refractivity contribution is 0.0775. The van der Waals surface area contributed by atoms with Crippen LogP contribution in [-0.2, 0) is 0 Å². The molecule has 2 saturated heterocycles. The molecule has 0 radical (unpaired) electrons. The number of amides is 1. The fourth-order valence-corrected chi connectivity index (χ4v) is 6.77. The Kier molecular flexibility index (Phi) is 9.57. The maximum absolute atomic E-state index is 13.2. The number of halogens is 1. The number of anilines is 1. The third-order valence-electron chi connectivity index (χ3n) is 9.37. The molecule has 1 atom stereocenters. The van der Waals surface area contributed by atoms with Gasteiger partial charge in [0, 0.05) is 44.6 Å². The normalized spacial score (nSPS) is 18.7.